The molecule has 0 bridgehead atoms. The predicted molar refractivity (Wildman–Crippen MR) is 54.8 cm³/mol. The first kappa shape index (κ1) is 11.4. The highest BCUT2D eigenvalue weighted by Crippen LogP contribution is 2.26. The number of phenols is 2. The molecule has 0 saturated carbocycles. The van der Waals surface area contributed by atoms with Crippen molar-refractivity contribution < 1.29 is 19.7 Å². The lowest BCUT2D eigenvalue weighted by Gasteiger charge is -2.11. The smallest absolute Gasteiger partial charge is 0.313 e. The maximum atomic E-state index is 11.4. The van der Waals surface area contributed by atoms with Crippen molar-refractivity contribution >= 4 is 5.97 Å². The van der Waals surface area contributed by atoms with Crippen LogP contribution in [0.15, 0.2) is 18.2 Å². The summed E-state index contributed by atoms with van der Waals surface area (Å²) in [6.07, 6.45) is 0. The first-order chi connectivity index (χ1) is 7.04. The van der Waals surface area contributed by atoms with Gasteiger partial charge < -0.3 is 14.9 Å². The predicted octanol–water partition coefficient (Wildman–Crippen LogP) is 1.76. The molecule has 0 heterocycles. The van der Waals surface area contributed by atoms with E-state index >= 15 is 0 Å². The monoisotopic (exact) mass is 210 g/mol. The number of benzene rings is 1. The maximum absolute atomic E-state index is 11.4. The lowest BCUT2D eigenvalue weighted by atomic mass is 10.0. The lowest BCUT2D eigenvalue weighted by Crippen LogP contribution is -2.12. The zero-order valence-electron chi connectivity index (χ0n) is 8.73. The molecule has 0 fully saturated rings. The third-order valence-corrected chi connectivity index (χ3v) is 2.07. The van der Waals surface area contributed by atoms with Crippen LogP contribution in [0.1, 0.15) is 25.3 Å². The molecule has 4 nitrogen and oxygen atoms in total. The molecule has 0 spiro atoms. The summed E-state index contributed by atoms with van der Waals surface area (Å²) in [6, 6.07) is 4.07. The minimum absolute atomic E-state index is 0.0684. The molecular weight excluding hydrogens is 196 g/mol. The van der Waals surface area contributed by atoms with Crippen LogP contribution < -0.4 is 0 Å². The SMILES string of the molecule is CCOC(=O)C(C)c1cc(O)cc(O)c1. The molecule has 1 aromatic rings. The van der Waals surface area contributed by atoms with Crippen LogP contribution in [0.5, 0.6) is 11.5 Å². The van der Waals surface area contributed by atoms with Crippen LogP contribution in [0.4, 0.5) is 0 Å². The van der Waals surface area contributed by atoms with Crippen molar-refractivity contribution in [3.05, 3.63) is 23.8 Å². The average Bonchev–Trinajstić information content (AvgIpc) is 2.15. The van der Waals surface area contributed by atoms with E-state index in [1.165, 1.54) is 18.2 Å². The van der Waals surface area contributed by atoms with E-state index in [1.807, 2.05) is 0 Å². The standard InChI is InChI=1S/C11H14O4/c1-3-15-11(14)7(2)8-4-9(12)6-10(13)5-8/h4-7,12-13H,3H2,1-2H3. The summed E-state index contributed by atoms with van der Waals surface area (Å²) in [5, 5.41) is 18.5. The summed E-state index contributed by atoms with van der Waals surface area (Å²) in [5.74, 6) is -1.01. The fourth-order valence-corrected chi connectivity index (χ4v) is 1.27. The van der Waals surface area contributed by atoms with E-state index in [-0.39, 0.29) is 17.5 Å². The summed E-state index contributed by atoms with van der Waals surface area (Å²) in [5.41, 5.74) is 0.533. The minimum Gasteiger partial charge on any atom is -0.508 e. The van der Waals surface area contributed by atoms with Crippen molar-refractivity contribution in [3.8, 4) is 11.5 Å². The first-order valence-electron chi connectivity index (χ1n) is 4.74. The van der Waals surface area contributed by atoms with Crippen molar-refractivity contribution in [2.45, 2.75) is 19.8 Å². The third-order valence-electron chi connectivity index (χ3n) is 2.07. The highest BCUT2D eigenvalue weighted by molar-refractivity contribution is 5.78. The van der Waals surface area contributed by atoms with Crippen molar-refractivity contribution in [1.29, 1.82) is 0 Å². The molecule has 1 atom stereocenters. The Morgan fingerprint density at radius 1 is 1.33 bits per heavy atom. The molecule has 0 saturated heterocycles. The van der Waals surface area contributed by atoms with Crippen LogP contribution in [0.25, 0.3) is 0 Å². The molecule has 0 amide bonds. The van der Waals surface area contributed by atoms with E-state index in [0.29, 0.717) is 12.2 Å². The van der Waals surface area contributed by atoms with Gasteiger partial charge >= 0.3 is 5.97 Å². The molecular formula is C11H14O4. The van der Waals surface area contributed by atoms with Gasteiger partial charge in [0.05, 0.1) is 12.5 Å². The van der Waals surface area contributed by atoms with E-state index in [0.717, 1.165) is 0 Å². The molecule has 1 rings (SSSR count). The van der Waals surface area contributed by atoms with Gasteiger partial charge in [-0.05, 0) is 31.5 Å². The fraction of sp³-hybridized carbons (Fsp3) is 0.364. The molecule has 0 aliphatic heterocycles. The summed E-state index contributed by atoms with van der Waals surface area (Å²) in [7, 11) is 0. The normalized spacial score (nSPS) is 12.1. The first-order valence-corrected chi connectivity index (χ1v) is 4.74. The number of ether oxygens (including phenoxy) is 1. The summed E-state index contributed by atoms with van der Waals surface area (Å²) >= 11 is 0. The number of carbonyl (C=O) groups excluding carboxylic acids is 1. The van der Waals surface area contributed by atoms with Crippen LogP contribution in [-0.2, 0) is 9.53 Å². The Hall–Kier alpha value is -1.71. The minimum atomic E-state index is -0.497. The van der Waals surface area contributed by atoms with E-state index in [2.05, 4.69) is 0 Å². The van der Waals surface area contributed by atoms with E-state index in [9.17, 15) is 15.0 Å². The van der Waals surface area contributed by atoms with Gasteiger partial charge in [-0.1, -0.05) is 0 Å². The molecule has 4 heteroatoms. The zero-order chi connectivity index (χ0) is 11.4. The zero-order valence-corrected chi connectivity index (χ0v) is 8.73. The quantitative estimate of drug-likeness (QED) is 0.746. The molecule has 0 aliphatic carbocycles. The van der Waals surface area contributed by atoms with Gasteiger partial charge in [0.1, 0.15) is 11.5 Å². The van der Waals surface area contributed by atoms with Gasteiger partial charge in [-0.15, -0.1) is 0 Å². The summed E-state index contributed by atoms with van der Waals surface area (Å²) < 4.78 is 4.84. The third kappa shape index (κ3) is 2.87. The van der Waals surface area contributed by atoms with Crippen LogP contribution in [0, 0.1) is 0 Å². The largest absolute Gasteiger partial charge is 0.508 e. The van der Waals surface area contributed by atoms with Crippen LogP contribution in [0.2, 0.25) is 0 Å². The van der Waals surface area contributed by atoms with Crippen molar-refractivity contribution in [2.24, 2.45) is 0 Å². The summed E-state index contributed by atoms with van der Waals surface area (Å²) in [6.45, 7) is 3.70. The Bertz CT molecular complexity index is 339. The van der Waals surface area contributed by atoms with Gasteiger partial charge in [-0.2, -0.15) is 0 Å². The van der Waals surface area contributed by atoms with Crippen LogP contribution in [-0.4, -0.2) is 22.8 Å². The van der Waals surface area contributed by atoms with Gasteiger partial charge in [0.15, 0.2) is 0 Å². The number of carbonyl (C=O) groups is 1. The highest BCUT2D eigenvalue weighted by Gasteiger charge is 2.17. The maximum Gasteiger partial charge on any atom is 0.313 e. The van der Waals surface area contributed by atoms with E-state index in [4.69, 9.17) is 4.74 Å². The van der Waals surface area contributed by atoms with Gasteiger partial charge in [0.2, 0.25) is 0 Å². The second-order valence-electron chi connectivity index (χ2n) is 3.26. The molecule has 1 unspecified atom stereocenters. The Balaban J connectivity index is 2.90. The van der Waals surface area contributed by atoms with Crippen LogP contribution >= 0.6 is 0 Å². The van der Waals surface area contributed by atoms with Crippen molar-refractivity contribution in [1.82, 2.24) is 0 Å². The number of esters is 1. The molecule has 15 heavy (non-hydrogen) atoms. The van der Waals surface area contributed by atoms with E-state index in [1.54, 1.807) is 13.8 Å². The number of hydrogen-bond donors (Lipinski definition) is 2. The Morgan fingerprint density at radius 3 is 2.33 bits per heavy atom. The molecule has 1 aromatic carbocycles. The Morgan fingerprint density at radius 2 is 1.87 bits per heavy atom. The highest BCUT2D eigenvalue weighted by atomic mass is 16.5. The molecule has 2 N–H and O–H groups in total. The number of aromatic hydroxyl groups is 2. The second kappa shape index (κ2) is 4.68. The topological polar surface area (TPSA) is 66.8 Å². The van der Waals surface area contributed by atoms with Crippen molar-refractivity contribution in [3.63, 3.8) is 0 Å². The van der Waals surface area contributed by atoms with Crippen LogP contribution in [0.3, 0.4) is 0 Å². The lowest BCUT2D eigenvalue weighted by molar-refractivity contribution is -0.144. The van der Waals surface area contributed by atoms with Gasteiger partial charge in [-0.3, -0.25) is 4.79 Å². The molecule has 0 aliphatic rings. The fourth-order valence-electron chi connectivity index (χ4n) is 1.27. The summed E-state index contributed by atoms with van der Waals surface area (Å²) in [4.78, 5) is 11.4. The van der Waals surface area contributed by atoms with Crippen molar-refractivity contribution in [2.75, 3.05) is 6.61 Å². The van der Waals surface area contributed by atoms with Gasteiger partial charge in [0, 0.05) is 6.07 Å². The number of hydrogen-bond acceptors (Lipinski definition) is 4. The number of phenolic OH excluding ortho intramolecular Hbond substituents is 2. The Kier molecular flexibility index (Phi) is 3.55. The number of rotatable bonds is 3. The van der Waals surface area contributed by atoms with Gasteiger partial charge in [-0.25, -0.2) is 0 Å². The molecule has 0 aromatic heterocycles. The van der Waals surface area contributed by atoms with E-state index < -0.39 is 5.92 Å². The molecule has 82 valence electrons. The average molecular weight is 210 g/mol. The Labute approximate surface area is 88.1 Å². The second-order valence-corrected chi connectivity index (χ2v) is 3.26. The van der Waals surface area contributed by atoms with Gasteiger partial charge in [0.25, 0.3) is 0 Å². The molecule has 0 radical (unpaired) electrons.